The first-order chi connectivity index (χ1) is 10.8. The Bertz CT molecular complexity index is 762. The standard InChI is InChI=1S/C15H13N3O4/c1-20-10-5-8(6-11-12(10)22-7-21-11)13-17-14-9(15(19)18-13)3-2-4-16-14/h2-6,13H,7H2,1H3,(H,16,17)(H,18,19). The summed E-state index contributed by atoms with van der Waals surface area (Å²) in [6, 6.07) is 7.07. The number of methoxy groups -OCH3 is 1. The van der Waals surface area contributed by atoms with Crippen LogP contribution in [-0.2, 0) is 0 Å². The molecule has 7 nitrogen and oxygen atoms in total. The highest BCUT2D eigenvalue weighted by Crippen LogP contribution is 2.43. The molecular formula is C15H13N3O4. The molecule has 1 aromatic heterocycles. The van der Waals surface area contributed by atoms with Gasteiger partial charge in [-0.15, -0.1) is 0 Å². The number of aromatic nitrogens is 1. The number of fused-ring (bicyclic) bond motifs is 2. The fraction of sp³-hybridized carbons (Fsp3) is 0.200. The number of benzene rings is 1. The fourth-order valence-corrected chi connectivity index (χ4v) is 2.57. The van der Waals surface area contributed by atoms with Crippen LogP contribution < -0.4 is 24.8 Å². The maximum Gasteiger partial charge on any atom is 0.256 e. The molecule has 22 heavy (non-hydrogen) atoms. The van der Waals surface area contributed by atoms with Crippen LogP contribution in [0.5, 0.6) is 17.2 Å². The van der Waals surface area contributed by atoms with Gasteiger partial charge in [-0.05, 0) is 24.3 Å². The van der Waals surface area contributed by atoms with E-state index in [2.05, 4.69) is 15.6 Å². The average Bonchev–Trinajstić information content (AvgIpc) is 3.02. The Morgan fingerprint density at radius 2 is 2.23 bits per heavy atom. The lowest BCUT2D eigenvalue weighted by Gasteiger charge is -2.27. The molecule has 0 fully saturated rings. The molecule has 2 N–H and O–H groups in total. The summed E-state index contributed by atoms with van der Waals surface area (Å²) in [6.45, 7) is 0.157. The lowest BCUT2D eigenvalue weighted by Crippen LogP contribution is -2.38. The third-order valence-corrected chi connectivity index (χ3v) is 3.62. The molecule has 112 valence electrons. The van der Waals surface area contributed by atoms with Crippen LogP contribution in [0.25, 0.3) is 0 Å². The summed E-state index contributed by atoms with van der Waals surface area (Å²) in [6.07, 6.45) is 1.22. The van der Waals surface area contributed by atoms with Gasteiger partial charge in [-0.1, -0.05) is 0 Å². The Kier molecular flexibility index (Phi) is 2.78. The zero-order chi connectivity index (χ0) is 15.1. The van der Waals surface area contributed by atoms with Crippen molar-refractivity contribution in [3.05, 3.63) is 41.6 Å². The van der Waals surface area contributed by atoms with Crippen molar-refractivity contribution in [2.75, 3.05) is 19.2 Å². The van der Waals surface area contributed by atoms with Crippen molar-refractivity contribution in [1.29, 1.82) is 0 Å². The molecule has 7 heteroatoms. The molecule has 1 aromatic carbocycles. The average molecular weight is 299 g/mol. The Hall–Kier alpha value is -2.96. The van der Waals surface area contributed by atoms with Crippen molar-refractivity contribution < 1.29 is 19.0 Å². The van der Waals surface area contributed by atoms with Crippen LogP contribution in [0.15, 0.2) is 30.5 Å². The summed E-state index contributed by atoms with van der Waals surface area (Å²) in [5.41, 5.74) is 1.32. The second kappa shape index (κ2) is 4.80. The zero-order valence-electron chi connectivity index (χ0n) is 11.8. The molecule has 0 spiro atoms. The van der Waals surface area contributed by atoms with Crippen LogP contribution in [0, 0.1) is 0 Å². The van der Waals surface area contributed by atoms with Gasteiger partial charge in [0.25, 0.3) is 5.91 Å². The molecule has 0 bridgehead atoms. The molecular weight excluding hydrogens is 286 g/mol. The number of pyridine rings is 1. The molecule has 0 radical (unpaired) electrons. The first-order valence-electron chi connectivity index (χ1n) is 6.76. The van der Waals surface area contributed by atoms with Crippen molar-refractivity contribution in [2.45, 2.75) is 6.17 Å². The van der Waals surface area contributed by atoms with E-state index in [4.69, 9.17) is 14.2 Å². The molecule has 0 saturated heterocycles. The second-order valence-electron chi connectivity index (χ2n) is 4.91. The van der Waals surface area contributed by atoms with E-state index in [1.807, 2.05) is 6.07 Å². The number of nitrogens with one attached hydrogen (secondary N) is 2. The topological polar surface area (TPSA) is 81.7 Å². The molecule has 1 atom stereocenters. The van der Waals surface area contributed by atoms with Gasteiger partial charge in [0.05, 0.1) is 12.7 Å². The van der Waals surface area contributed by atoms with Crippen LogP contribution in [0.1, 0.15) is 22.1 Å². The maximum atomic E-state index is 12.2. The van der Waals surface area contributed by atoms with Crippen molar-refractivity contribution in [3.8, 4) is 17.2 Å². The summed E-state index contributed by atoms with van der Waals surface area (Å²) < 4.78 is 16.1. The van der Waals surface area contributed by atoms with Gasteiger partial charge in [-0.25, -0.2) is 4.98 Å². The molecule has 4 rings (SSSR count). The number of hydrogen-bond donors (Lipinski definition) is 2. The molecule has 2 aromatic rings. The number of amides is 1. The van der Waals surface area contributed by atoms with E-state index in [1.165, 1.54) is 0 Å². The van der Waals surface area contributed by atoms with Crippen LogP contribution in [0.2, 0.25) is 0 Å². The number of carbonyl (C=O) groups excluding carboxylic acids is 1. The Morgan fingerprint density at radius 3 is 3.09 bits per heavy atom. The van der Waals surface area contributed by atoms with Crippen LogP contribution in [0.4, 0.5) is 5.82 Å². The summed E-state index contributed by atoms with van der Waals surface area (Å²) >= 11 is 0. The van der Waals surface area contributed by atoms with E-state index in [1.54, 1.807) is 31.5 Å². The number of hydrogen-bond acceptors (Lipinski definition) is 6. The van der Waals surface area contributed by atoms with E-state index in [0.29, 0.717) is 28.6 Å². The maximum absolute atomic E-state index is 12.2. The van der Waals surface area contributed by atoms with Crippen LogP contribution >= 0.6 is 0 Å². The Balaban J connectivity index is 1.73. The van der Waals surface area contributed by atoms with Gasteiger partial charge in [-0.3, -0.25) is 4.79 Å². The Morgan fingerprint density at radius 1 is 1.32 bits per heavy atom. The third kappa shape index (κ3) is 1.90. The molecule has 0 aliphatic carbocycles. The summed E-state index contributed by atoms with van der Waals surface area (Å²) in [7, 11) is 1.56. The second-order valence-corrected chi connectivity index (χ2v) is 4.91. The smallest absolute Gasteiger partial charge is 0.256 e. The van der Waals surface area contributed by atoms with Crippen LogP contribution in [-0.4, -0.2) is 24.8 Å². The lowest BCUT2D eigenvalue weighted by atomic mass is 10.1. The molecule has 2 aliphatic rings. The quantitative estimate of drug-likeness (QED) is 0.878. The highest BCUT2D eigenvalue weighted by Gasteiger charge is 2.28. The molecule has 0 saturated carbocycles. The monoisotopic (exact) mass is 299 g/mol. The minimum atomic E-state index is -0.418. The highest BCUT2D eigenvalue weighted by molar-refractivity contribution is 6.00. The van der Waals surface area contributed by atoms with Crippen molar-refractivity contribution >= 4 is 11.7 Å². The fourth-order valence-electron chi connectivity index (χ4n) is 2.57. The van der Waals surface area contributed by atoms with E-state index in [9.17, 15) is 4.79 Å². The molecule has 1 unspecified atom stereocenters. The van der Waals surface area contributed by atoms with Gasteiger partial charge in [-0.2, -0.15) is 0 Å². The summed E-state index contributed by atoms with van der Waals surface area (Å²) in [4.78, 5) is 16.4. The first-order valence-corrected chi connectivity index (χ1v) is 6.76. The minimum absolute atomic E-state index is 0.157. The lowest BCUT2D eigenvalue weighted by molar-refractivity contribution is 0.0935. The number of carbonyl (C=O) groups is 1. The number of nitrogens with zero attached hydrogens (tertiary/aromatic N) is 1. The van der Waals surface area contributed by atoms with Gasteiger partial charge < -0.3 is 24.8 Å². The van der Waals surface area contributed by atoms with Crippen molar-refractivity contribution in [1.82, 2.24) is 10.3 Å². The van der Waals surface area contributed by atoms with E-state index < -0.39 is 6.17 Å². The van der Waals surface area contributed by atoms with Gasteiger partial charge in [0.15, 0.2) is 11.5 Å². The predicted molar refractivity (Wildman–Crippen MR) is 77.2 cm³/mol. The third-order valence-electron chi connectivity index (χ3n) is 3.62. The number of rotatable bonds is 2. The van der Waals surface area contributed by atoms with Crippen LogP contribution in [0.3, 0.4) is 0 Å². The number of anilines is 1. The zero-order valence-corrected chi connectivity index (χ0v) is 11.8. The van der Waals surface area contributed by atoms with Gasteiger partial charge >= 0.3 is 0 Å². The summed E-state index contributed by atoms with van der Waals surface area (Å²) in [5, 5.41) is 6.08. The number of ether oxygens (including phenoxy) is 3. The Labute approximate surface area is 126 Å². The normalized spacial score (nSPS) is 18.2. The molecule has 3 heterocycles. The first kappa shape index (κ1) is 12.8. The van der Waals surface area contributed by atoms with Gasteiger partial charge in [0.2, 0.25) is 12.5 Å². The predicted octanol–water partition coefficient (Wildman–Crippen LogP) is 1.67. The van der Waals surface area contributed by atoms with E-state index in [-0.39, 0.29) is 12.7 Å². The molecule has 1 amide bonds. The van der Waals surface area contributed by atoms with Gasteiger partial charge in [0, 0.05) is 11.8 Å². The largest absolute Gasteiger partial charge is 0.493 e. The van der Waals surface area contributed by atoms with E-state index >= 15 is 0 Å². The minimum Gasteiger partial charge on any atom is -0.493 e. The summed E-state index contributed by atoms with van der Waals surface area (Å²) in [5.74, 6) is 2.10. The van der Waals surface area contributed by atoms with Crippen molar-refractivity contribution in [3.63, 3.8) is 0 Å². The van der Waals surface area contributed by atoms with Gasteiger partial charge in [0.1, 0.15) is 12.0 Å². The SMILES string of the molecule is COc1cc(C2NC(=O)c3cccnc3N2)cc2c1OCO2. The highest BCUT2D eigenvalue weighted by atomic mass is 16.7. The van der Waals surface area contributed by atoms with Crippen molar-refractivity contribution in [2.24, 2.45) is 0 Å². The molecule has 2 aliphatic heterocycles. The van der Waals surface area contributed by atoms with E-state index in [0.717, 1.165) is 5.56 Å².